The van der Waals surface area contributed by atoms with Crippen molar-refractivity contribution in [2.45, 2.75) is 30.0 Å². The Hall–Kier alpha value is -4.37. The van der Waals surface area contributed by atoms with Gasteiger partial charge in [0.1, 0.15) is 17.7 Å². The molecule has 2 N–H and O–H groups in total. The molecule has 0 spiro atoms. The number of carbonyl (C=O) groups is 2. The number of carbonyl (C=O) groups excluding carboxylic acids is 2. The first-order valence-corrected chi connectivity index (χ1v) is 14.1. The van der Waals surface area contributed by atoms with Crippen molar-refractivity contribution >= 4 is 45.0 Å². The number of fused-ring (bicyclic) bond motifs is 1. The molecule has 228 valence electrons. The zero-order valence-electron chi connectivity index (χ0n) is 22.1. The van der Waals surface area contributed by atoms with E-state index in [-0.39, 0.29) is 34.9 Å². The van der Waals surface area contributed by atoms with Crippen molar-refractivity contribution in [2.24, 2.45) is 5.16 Å². The number of anilines is 1. The number of hydrogen-bond donors (Lipinski definition) is 2. The Morgan fingerprint density at radius 1 is 1.16 bits per heavy atom. The van der Waals surface area contributed by atoms with E-state index in [4.69, 9.17) is 16.3 Å². The lowest BCUT2D eigenvalue weighted by molar-refractivity contribution is -0.141. The van der Waals surface area contributed by atoms with Crippen LogP contribution in [0.25, 0.3) is 0 Å². The van der Waals surface area contributed by atoms with Crippen LogP contribution in [0.2, 0.25) is 5.02 Å². The van der Waals surface area contributed by atoms with Crippen LogP contribution in [0.3, 0.4) is 0 Å². The zero-order valence-corrected chi connectivity index (χ0v) is 23.6. The highest BCUT2D eigenvalue weighted by Gasteiger charge is 2.37. The predicted octanol–water partition coefficient (Wildman–Crippen LogP) is 4.97. The average molecular weight is 644 g/mol. The lowest BCUT2D eigenvalue weighted by Crippen LogP contribution is -2.44. The highest BCUT2D eigenvalue weighted by molar-refractivity contribution is 7.92. The number of nitrogens with zero attached hydrogens (tertiary/aromatic N) is 2. The van der Waals surface area contributed by atoms with E-state index < -0.39 is 68.4 Å². The fourth-order valence-electron chi connectivity index (χ4n) is 4.22. The van der Waals surface area contributed by atoms with Crippen LogP contribution >= 0.6 is 11.6 Å². The Kier molecular flexibility index (Phi) is 9.15. The molecule has 0 fully saturated rings. The smallest absolute Gasteiger partial charge is 0.416 e. The number of sulfonamides is 1. The highest BCUT2D eigenvalue weighted by Crippen LogP contribution is 2.39. The summed E-state index contributed by atoms with van der Waals surface area (Å²) in [5.74, 6) is -3.21. The molecule has 1 aliphatic rings. The zero-order chi connectivity index (χ0) is 31.5. The molecule has 0 unspecified atom stereocenters. The number of hydrogen-bond acceptors (Lipinski definition) is 8. The summed E-state index contributed by atoms with van der Waals surface area (Å²) in [5, 5.41) is 14.6. The van der Waals surface area contributed by atoms with Crippen LogP contribution < -0.4 is 14.4 Å². The van der Waals surface area contributed by atoms with Gasteiger partial charge in [-0.3, -0.25) is 13.9 Å². The number of ether oxygens (including phenoxy) is 2. The summed E-state index contributed by atoms with van der Waals surface area (Å²) in [7, 11) is -3.51. The van der Waals surface area contributed by atoms with Crippen molar-refractivity contribution in [3.8, 4) is 5.75 Å². The summed E-state index contributed by atoms with van der Waals surface area (Å²) < 4.78 is 93.2. The number of amidine groups is 1. The minimum atomic E-state index is -4.82. The molecule has 1 atom stereocenters. The number of amides is 1. The Morgan fingerprint density at radius 3 is 2.53 bits per heavy atom. The molecule has 0 aliphatic carbocycles. The predicted molar refractivity (Wildman–Crippen MR) is 145 cm³/mol. The van der Waals surface area contributed by atoms with Crippen LogP contribution in [0.1, 0.15) is 34.3 Å². The quantitative estimate of drug-likeness (QED) is 0.0927. The van der Waals surface area contributed by atoms with E-state index in [1.54, 1.807) is 0 Å². The summed E-state index contributed by atoms with van der Waals surface area (Å²) in [4.78, 5) is 23.8. The first-order valence-electron chi connectivity index (χ1n) is 12.3. The third-order valence-electron chi connectivity index (χ3n) is 6.33. The Labute approximate surface area is 247 Å². The van der Waals surface area contributed by atoms with Crippen molar-refractivity contribution in [1.29, 1.82) is 0 Å². The fourth-order valence-corrected chi connectivity index (χ4v) is 6.01. The second-order valence-corrected chi connectivity index (χ2v) is 11.4. The number of alkyl halides is 3. The fraction of sp³-hybridized carbons (Fsp3) is 0.222. The maximum absolute atomic E-state index is 14.3. The number of esters is 1. The van der Waals surface area contributed by atoms with Gasteiger partial charge in [0.25, 0.3) is 15.9 Å². The summed E-state index contributed by atoms with van der Waals surface area (Å²) in [6, 6.07) is 10.4. The Morgan fingerprint density at radius 2 is 1.88 bits per heavy atom. The standard InChI is InChI=1S/C27H22ClF4N3O7S/c1-41-23(36)11-9-17-14-35(43(39,40)18-5-2-4-16(13-18)27(30,31)32)21-12-15(8-10-22(21)42-17)25(34-38)33-26(37)24-19(28)6-3-7-20(24)29/h2-8,10,12-13,17,38H,9,11,14H2,1H3,(H,33,34,37)/t17-/m0/s1. The van der Waals surface area contributed by atoms with E-state index in [1.807, 2.05) is 0 Å². The second kappa shape index (κ2) is 12.5. The topological polar surface area (TPSA) is 135 Å². The minimum absolute atomic E-state index is 0.00524. The molecule has 0 bridgehead atoms. The van der Waals surface area contributed by atoms with Crippen LogP contribution in [-0.4, -0.2) is 51.1 Å². The van der Waals surface area contributed by atoms with Crippen LogP contribution in [0.5, 0.6) is 5.75 Å². The SMILES string of the molecule is COC(=O)CC[C@H]1CN(S(=O)(=O)c2cccc(C(F)(F)F)c2)c2cc(/C(=N\O)NC(=O)c3c(F)cccc3Cl)ccc2O1. The molecule has 0 aromatic heterocycles. The van der Waals surface area contributed by atoms with Crippen molar-refractivity contribution in [3.63, 3.8) is 0 Å². The molecule has 10 nitrogen and oxygen atoms in total. The van der Waals surface area contributed by atoms with E-state index in [0.717, 1.165) is 34.6 Å². The number of nitrogens with one attached hydrogen (secondary N) is 1. The highest BCUT2D eigenvalue weighted by atomic mass is 35.5. The molecular formula is C27H22ClF4N3O7S. The number of halogens is 5. The first-order chi connectivity index (χ1) is 20.3. The first kappa shape index (κ1) is 31.6. The third kappa shape index (κ3) is 6.83. The van der Waals surface area contributed by atoms with E-state index in [0.29, 0.717) is 6.07 Å². The van der Waals surface area contributed by atoms with Gasteiger partial charge in [-0.25, -0.2) is 12.8 Å². The van der Waals surface area contributed by atoms with E-state index in [1.165, 1.54) is 31.4 Å². The minimum Gasteiger partial charge on any atom is -0.486 e. The van der Waals surface area contributed by atoms with E-state index in [9.17, 15) is 40.8 Å². The van der Waals surface area contributed by atoms with Crippen LogP contribution in [-0.2, 0) is 25.7 Å². The largest absolute Gasteiger partial charge is 0.486 e. The summed E-state index contributed by atoms with van der Waals surface area (Å²) in [6.45, 7) is -0.422. The Balaban J connectivity index is 1.75. The van der Waals surface area contributed by atoms with Gasteiger partial charge in [-0.1, -0.05) is 28.9 Å². The van der Waals surface area contributed by atoms with Gasteiger partial charge in [0.15, 0.2) is 5.84 Å². The lowest BCUT2D eigenvalue weighted by Gasteiger charge is -2.36. The van der Waals surface area contributed by atoms with Crippen LogP contribution in [0.4, 0.5) is 23.2 Å². The molecule has 0 saturated carbocycles. The molecule has 4 rings (SSSR count). The van der Waals surface area contributed by atoms with Crippen molar-refractivity contribution < 1.29 is 50.2 Å². The number of methoxy groups -OCH3 is 1. The maximum atomic E-state index is 14.3. The van der Waals surface area contributed by atoms with Gasteiger partial charge in [0.05, 0.1) is 40.4 Å². The van der Waals surface area contributed by atoms with Crippen molar-refractivity contribution in [2.75, 3.05) is 18.0 Å². The molecule has 16 heteroatoms. The lowest BCUT2D eigenvalue weighted by atomic mass is 10.1. The molecular weight excluding hydrogens is 622 g/mol. The number of rotatable bonds is 7. The van der Waals surface area contributed by atoms with Crippen LogP contribution in [0.15, 0.2) is 70.7 Å². The summed E-state index contributed by atoms with van der Waals surface area (Å²) in [6.07, 6.45) is -5.87. The molecule has 0 radical (unpaired) electrons. The molecule has 3 aromatic rings. The van der Waals surface area contributed by atoms with Crippen molar-refractivity contribution in [3.05, 3.63) is 88.2 Å². The maximum Gasteiger partial charge on any atom is 0.416 e. The van der Waals surface area contributed by atoms with Gasteiger partial charge in [-0.05, 0) is 55.0 Å². The molecule has 1 heterocycles. The monoisotopic (exact) mass is 643 g/mol. The normalized spacial score (nSPS) is 15.3. The number of oxime groups is 1. The van der Waals surface area contributed by atoms with Crippen molar-refractivity contribution in [1.82, 2.24) is 5.32 Å². The molecule has 1 aliphatic heterocycles. The third-order valence-corrected chi connectivity index (χ3v) is 8.42. The van der Waals surface area contributed by atoms with Gasteiger partial charge in [-0.2, -0.15) is 13.2 Å². The van der Waals surface area contributed by atoms with Gasteiger partial charge in [0, 0.05) is 12.0 Å². The van der Waals surface area contributed by atoms with Gasteiger partial charge in [-0.15, -0.1) is 0 Å². The molecule has 3 aromatic carbocycles. The second-order valence-electron chi connectivity index (χ2n) is 9.10. The number of benzene rings is 3. The Bertz CT molecular complexity index is 1680. The van der Waals surface area contributed by atoms with E-state index in [2.05, 4.69) is 15.2 Å². The molecule has 43 heavy (non-hydrogen) atoms. The average Bonchev–Trinajstić information content (AvgIpc) is 2.97. The van der Waals surface area contributed by atoms with Crippen LogP contribution in [0, 0.1) is 5.82 Å². The van der Waals surface area contributed by atoms with E-state index >= 15 is 0 Å². The summed E-state index contributed by atoms with van der Waals surface area (Å²) >= 11 is 5.93. The summed E-state index contributed by atoms with van der Waals surface area (Å²) in [5.41, 5.74) is -2.00. The van der Waals surface area contributed by atoms with Gasteiger partial charge in [0.2, 0.25) is 0 Å². The van der Waals surface area contributed by atoms with Gasteiger partial charge >= 0.3 is 12.1 Å². The molecule has 1 amide bonds. The van der Waals surface area contributed by atoms with Gasteiger partial charge < -0.3 is 20.0 Å². The molecule has 0 saturated heterocycles.